The predicted molar refractivity (Wildman–Crippen MR) is 139 cm³/mol. The zero-order chi connectivity index (χ0) is 26.9. The lowest BCUT2D eigenvalue weighted by molar-refractivity contribution is -0.149. The van der Waals surface area contributed by atoms with Crippen LogP contribution in [0, 0.1) is 12.8 Å². The fourth-order valence-electron chi connectivity index (χ4n) is 4.30. The Kier molecular flexibility index (Phi) is 9.07. The summed E-state index contributed by atoms with van der Waals surface area (Å²) >= 11 is 0. The van der Waals surface area contributed by atoms with Gasteiger partial charge >= 0.3 is 5.97 Å². The molecule has 1 heterocycles. The summed E-state index contributed by atoms with van der Waals surface area (Å²) in [6, 6.07) is 13.8. The van der Waals surface area contributed by atoms with E-state index in [0.717, 1.165) is 31.2 Å². The molecule has 1 aromatic heterocycles. The highest BCUT2D eigenvalue weighted by molar-refractivity contribution is 5.95. The molecule has 10 nitrogen and oxygen atoms in total. The van der Waals surface area contributed by atoms with Crippen LogP contribution in [-0.2, 0) is 9.53 Å². The smallest absolute Gasteiger partial charge is 0.308 e. The normalized spacial score (nSPS) is 16.9. The van der Waals surface area contributed by atoms with Crippen molar-refractivity contribution in [3.05, 3.63) is 65.5 Å². The molecule has 0 bridgehead atoms. The highest BCUT2D eigenvalue weighted by Gasteiger charge is 2.28. The lowest BCUT2D eigenvalue weighted by Gasteiger charge is -2.27. The van der Waals surface area contributed by atoms with Crippen LogP contribution >= 0.6 is 0 Å². The second-order valence-electron chi connectivity index (χ2n) is 9.09. The Bertz CT molecular complexity index is 1230. The lowest BCUT2D eigenvalue weighted by Crippen LogP contribution is -2.34. The van der Waals surface area contributed by atoms with Gasteiger partial charge in [-0.3, -0.25) is 14.4 Å². The van der Waals surface area contributed by atoms with Crippen LogP contribution in [0.1, 0.15) is 59.2 Å². The van der Waals surface area contributed by atoms with Crippen LogP contribution in [0.3, 0.4) is 0 Å². The Morgan fingerprint density at radius 3 is 2.00 bits per heavy atom. The van der Waals surface area contributed by atoms with Crippen molar-refractivity contribution in [3.63, 3.8) is 0 Å². The number of carbonyl (C=O) groups is 3. The van der Waals surface area contributed by atoms with E-state index in [2.05, 4.69) is 20.8 Å². The summed E-state index contributed by atoms with van der Waals surface area (Å²) in [5.74, 6) is 0.987. The molecular formula is C28H32N4O6. The number of nitrogens with one attached hydrogen (secondary N) is 2. The molecule has 1 saturated carbocycles. The van der Waals surface area contributed by atoms with E-state index in [9.17, 15) is 14.4 Å². The van der Waals surface area contributed by atoms with Crippen molar-refractivity contribution < 1.29 is 28.4 Å². The van der Waals surface area contributed by atoms with Crippen molar-refractivity contribution in [2.24, 2.45) is 5.92 Å². The molecule has 4 rings (SSSR count). The maximum atomic E-state index is 12.5. The molecule has 2 N–H and O–H groups in total. The lowest BCUT2D eigenvalue weighted by atomic mass is 9.87. The molecule has 10 heteroatoms. The zero-order valence-corrected chi connectivity index (χ0v) is 21.6. The second kappa shape index (κ2) is 12.8. The summed E-state index contributed by atoms with van der Waals surface area (Å²) in [6.07, 6.45) is 3.14. The zero-order valence-electron chi connectivity index (χ0n) is 21.6. The first kappa shape index (κ1) is 26.8. The molecule has 3 aromatic rings. The van der Waals surface area contributed by atoms with Crippen LogP contribution in [0.25, 0.3) is 11.4 Å². The van der Waals surface area contributed by atoms with Crippen molar-refractivity contribution in [1.82, 2.24) is 20.8 Å². The first-order valence-corrected chi connectivity index (χ1v) is 12.8. The largest absolute Gasteiger partial charge is 0.490 e. The summed E-state index contributed by atoms with van der Waals surface area (Å²) < 4.78 is 16.1. The van der Waals surface area contributed by atoms with Gasteiger partial charge in [-0.05, 0) is 69.0 Å². The molecule has 0 aliphatic heterocycles. The average Bonchev–Trinajstić information content (AvgIpc) is 3.38. The maximum Gasteiger partial charge on any atom is 0.308 e. The fourth-order valence-corrected chi connectivity index (χ4v) is 4.30. The average molecular weight is 521 g/mol. The monoisotopic (exact) mass is 520 g/mol. The number of aromatic nitrogens is 2. The van der Waals surface area contributed by atoms with Gasteiger partial charge in [0.2, 0.25) is 11.7 Å². The first-order valence-electron chi connectivity index (χ1n) is 12.8. The molecule has 1 fully saturated rings. The van der Waals surface area contributed by atoms with Crippen molar-refractivity contribution >= 4 is 17.8 Å². The van der Waals surface area contributed by atoms with Gasteiger partial charge in [0.15, 0.2) is 0 Å². The highest BCUT2D eigenvalue weighted by atomic mass is 16.5. The SMILES string of the molecule is CCOC(=O)[C@H]1CC[C@@H](Oc2ccc(C(=O)NCCNC(=O)c3ccc(-c4noc(C)n4)cc3)cc2)CC1. The molecule has 0 saturated heterocycles. The van der Waals surface area contributed by atoms with Crippen LogP contribution in [-0.4, -0.2) is 53.7 Å². The van der Waals surface area contributed by atoms with Gasteiger partial charge in [-0.25, -0.2) is 0 Å². The van der Waals surface area contributed by atoms with Gasteiger partial charge in [0.05, 0.1) is 18.6 Å². The van der Waals surface area contributed by atoms with E-state index in [0.29, 0.717) is 35.2 Å². The molecule has 38 heavy (non-hydrogen) atoms. The summed E-state index contributed by atoms with van der Waals surface area (Å²) in [5.41, 5.74) is 1.75. The van der Waals surface area contributed by atoms with Gasteiger partial charge in [0.1, 0.15) is 5.75 Å². The third-order valence-electron chi connectivity index (χ3n) is 6.34. The molecule has 1 aliphatic carbocycles. The van der Waals surface area contributed by atoms with E-state index in [1.165, 1.54) is 0 Å². The van der Waals surface area contributed by atoms with Gasteiger partial charge in [-0.15, -0.1) is 0 Å². The predicted octanol–water partition coefficient (Wildman–Crippen LogP) is 3.71. The number of carbonyl (C=O) groups excluding carboxylic acids is 3. The molecule has 2 aromatic carbocycles. The number of hydrogen-bond donors (Lipinski definition) is 2. The number of esters is 1. The van der Waals surface area contributed by atoms with Gasteiger partial charge in [-0.1, -0.05) is 17.3 Å². The molecule has 0 spiro atoms. The highest BCUT2D eigenvalue weighted by Crippen LogP contribution is 2.28. The fraction of sp³-hybridized carbons (Fsp3) is 0.393. The first-order chi connectivity index (χ1) is 18.4. The molecule has 2 amide bonds. The number of benzene rings is 2. The van der Waals surface area contributed by atoms with Crippen molar-refractivity contribution in [2.75, 3.05) is 19.7 Å². The molecular weight excluding hydrogens is 488 g/mol. The van der Waals surface area contributed by atoms with E-state index >= 15 is 0 Å². The molecule has 0 atom stereocenters. The van der Waals surface area contributed by atoms with E-state index in [1.54, 1.807) is 55.5 Å². The molecule has 0 radical (unpaired) electrons. The molecule has 200 valence electrons. The van der Waals surface area contributed by atoms with Crippen LogP contribution in [0.5, 0.6) is 5.75 Å². The summed E-state index contributed by atoms with van der Waals surface area (Å²) in [4.78, 5) is 40.9. The van der Waals surface area contributed by atoms with Crippen molar-refractivity contribution in [1.29, 1.82) is 0 Å². The summed E-state index contributed by atoms with van der Waals surface area (Å²) in [5, 5.41) is 9.45. The van der Waals surface area contributed by atoms with E-state index in [1.807, 2.05) is 6.92 Å². The Labute approximate surface area is 221 Å². The Morgan fingerprint density at radius 1 is 0.895 bits per heavy atom. The standard InChI is InChI=1S/C28H32N4O6/c1-3-36-28(35)22-10-14-24(15-11-22)37-23-12-8-21(9-13-23)27(34)30-17-16-29-26(33)20-6-4-19(5-7-20)25-31-18(2)38-32-25/h4-9,12-13,22,24H,3,10-11,14-17H2,1-2H3,(H,29,33)(H,30,34)/t22-,24+. The minimum Gasteiger partial charge on any atom is -0.490 e. The molecule has 1 aliphatic rings. The topological polar surface area (TPSA) is 133 Å². The number of ether oxygens (including phenoxy) is 2. The summed E-state index contributed by atoms with van der Waals surface area (Å²) in [6.45, 7) is 4.50. The van der Waals surface area contributed by atoms with Gasteiger partial charge < -0.3 is 24.6 Å². The number of rotatable bonds is 10. The van der Waals surface area contributed by atoms with Crippen LogP contribution in [0.2, 0.25) is 0 Å². The van der Waals surface area contributed by atoms with Crippen molar-refractivity contribution in [3.8, 4) is 17.1 Å². The van der Waals surface area contributed by atoms with Crippen LogP contribution in [0.4, 0.5) is 0 Å². The summed E-state index contributed by atoms with van der Waals surface area (Å²) in [7, 11) is 0. The van der Waals surface area contributed by atoms with Crippen LogP contribution < -0.4 is 15.4 Å². The number of aryl methyl sites for hydroxylation is 1. The Hall–Kier alpha value is -4.21. The van der Waals surface area contributed by atoms with Gasteiger partial charge in [0.25, 0.3) is 11.8 Å². The third-order valence-corrected chi connectivity index (χ3v) is 6.34. The van der Waals surface area contributed by atoms with E-state index < -0.39 is 0 Å². The number of amides is 2. The maximum absolute atomic E-state index is 12.5. The van der Waals surface area contributed by atoms with E-state index in [4.69, 9.17) is 14.0 Å². The third kappa shape index (κ3) is 7.18. The number of nitrogens with zero attached hydrogens (tertiary/aromatic N) is 2. The van der Waals surface area contributed by atoms with Gasteiger partial charge in [-0.2, -0.15) is 4.98 Å². The van der Waals surface area contributed by atoms with Crippen LogP contribution in [0.15, 0.2) is 53.1 Å². The Morgan fingerprint density at radius 2 is 1.47 bits per heavy atom. The quantitative estimate of drug-likeness (QED) is 0.305. The minimum atomic E-state index is -0.243. The minimum absolute atomic E-state index is 0.0432. The van der Waals surface area contributed by atoms with E-state index in [-0.39, 0.29) is 42.9 Å². The number of hydrogen-bond acceptors (Lipinski definition) is 8. The van der Waals surface area contributed by atoms with Gasteiger partial charge in [0, 0.05) is 36.7 Å². The van der Waals surface area contributed by atoms with Crippen molar-refractivity contribution in [2.45, 2.75) is 45.6 Å². The molecule has 0 unspecified atom stereocenters. The second-order valence-corrected chi connectivity index (χ2v) is 9.09. The Balaban J connectivity index is 1.16.